The first-order valence-corrected chi connectivity index (χ1v) is 15.8. The number of carbonyl (C=O) groups excluding carboxylic acids is 4. The second kappa shape index (κ2) is 17.9. The molecule has 10 heteroatoms. The van der Waals surface area contributed by atoms with Gasteiger partial charge in [-0.15, -0.1) is 0 Å². The molecular formula is C36H44ClN3O6. The van der Waals surface area contributed by atoms with Gasteiger partial charge in [0.2, 0.25) is 11.8 Å². The number of ether oxygens (including phenoxy) is 2. The molecule has 3 aromatic rings. The largest absolute Gasteiger partial charge is 0.488 e. The molecule has 3 rings (SSSR count). The zero-order chi connectivity index (χ0) is 33.6. The van der Waals surface area contributed by atoms with Crippen molar-refractivity contribution in [3.05, 3.63) is 101 Å². The van der Waals surface area contributed by atoms with Crippen LogP contribution in [0.15, 0.2) is 78.9 Å². The lowest BCUT2D eigenvalue weighted by atomic mass is 9.99. The number of carbonyl (C=O) groups is 4. The van der Waals surface area contributed by atoms with Gasteiger partial charge < -0.3 is 25.4 Å². The predicted octanol–water partition coefficient (Wildman–Crippen LogP) is 5.49. The Labute approximate surface area is 276 Å². The first-order valence-electron chi connectivity index (χ1n) is 15.5. The van der Waals surface area contributed by atoms with Gasteiger partial charge in [0.1, 0.15) is 30.5 Å². The molecule has 9 nitrogen and oxygen atoms in total. The summed E-state index contributed by atoms with van der Waals surface area (Å²) in [7, 11) is 1.27. The van der Waals surface area contributed by atoms with Crippen molar-refractivity contribution < 1.29 is 28.7 Å². The number of halogens is 1. The molecule has 0 aliphatic heterocycles. The highest BCUT2D eigenvalue weighted by molar-refractivity contribution is 6.31. The molecule has 0 aliphatic carbocycles. The van der Waals surface area contributed by atoms with Gasteiger partial charge >= 0.3 is 5.97 Å². The molecule has 0 aliphatic rings. The zero-order valence-corrected chi connectivity index (χ0v) is 27.8. The van der Waals surface area contributed by atoms with Gasteiger partial charge in [0.05, 0.1) is 12.7 Å². The van der Waals surface area contributed by atoms with Crippen molar-refractivity contribution in [3.8, 4) is 5.75 Å². The summed E-state index contributed by atoms with van der Waals surface area (Å²) in [5.74, 6) is -1.73. The summed E-state index contributed by atoms with van der Waals surface area (Å²) in [6, 6.07) is 20.6. The van der Waals surface area contributed by atoms with Crippen molar-refractivity contribution in [1.29, 1.82) is 0 Å². The second-order valence-electron chi connectivity index (χ2n) is 12.0. The van der Waals surface area contributed by atoms with Crippen molar-refractivity contribution in [3.63, 3.8) is 0 Å². The third-order valence-corrected chi connectivity index (χ3v) is 7.41. The SMILES string of the molecule is COC(=O)[C@H](CC(C)C)NC(=O)[C@H](Cc1ccccc1)NC(=O)[C@H](CC(C)C)NC(=O)c1cc(Cl)ccc1OCc1ccccc1. The monoisotopic (exact) mass is 649 g/mol. The molecule has 0 unspecified atom stereocenters. The normalized spacial score (nSPS) is 13.0. The van der Waals surface area contributed by atoms with Gasteiger partial charge in [0, 0.05) is 11.4 Å². The number of benzene rings is 3. The van der Waals surface area contributed by atoms with E-state index in [1.807, 2.05) is 88.4 Å². The van der Waals surface area contributed by atoms with E-state index in [1.54, 1.807) is 12.1 Å². The lowest BCUT2D eigenvalue weighted by Gasteiger charge is -2.26. The van der Waals surface area contributed by atoms with E-state index in [-0.39, 0.29) is 30.4 Å². The van der Waals surface area contributed by atoms with E-state index in [1.165, 1.54) is 13.2 Å². The van der Waals surface area contributed by atoms with Gasteiger partial charge in [0.25, 0.3) is 5.91 Å². The van der Waals surface area contributed by atoms with Crippen LogP contribution in [-0.4, -0.2) is 48.9 Å². The first-order chi connectivity index (χ1) is 22.0. The number of rotatable bonds is 16. The standard InChI is InChI=1S/C36H44ClN3O6/c1-23(2)18-29(38-33(41)28-21-27(37)16-17-32(28)46-22-26-14-10-7-11-15-26)34(42)39-30(20-25-12-8-6-9-13-25)35(43)40-31(19-24(3)4)36(44)45-5/h6-17,21,23-24,29-31H,18-20,22H2,1-5H3,(H,38,41)(H,39,42)(H,40,43)/t29-,30-,31-/m0/s1. The van der Waals surface area contributed by atoms with Crippen LogP contribution in [0.2, 0.25) is 5.02 Å². The molecule has 0 aromatic heterocycles. The Morgan fingerprint density at radius 2 is 1.24 bits per heavy atom. The van der Waals surface area contributed by atoms with Crippen LogP contribution in [0, 0.1) is 11.8 Å². The molecule has 3 atom stereocenters. The van der Waals surface area contributed by atoms with E-state index in [9.17, 15) is 19.2 Å². The number of hydrogen-bond donors (Lipinski definition) is 3. The fourth-order valence-electron chi connectivity index (χ4n) is 4.91. The third-order valence-electron chi connectivity index (χ3n) is 7.18. The molecular weight excluding hydrogens is 606 g/mol. The Bertz CT molecular complexity index is 1450. The van der Waals surface area contributed by atoms with E-state index in [2.05, 4.69) is 16.0 Å². The van der Waals surface area contributed by atoms with Crippen molar-refractivity contribution in [2.45, 2.75) is 71.7 Å². The minimum Gasteiger partial charge on any atom is -0.488 e. The lowest BCUT2D eigenvalue weighted by Crippen LogP contribution is -2.56. The summed E-state index contributed by atoms with van der Waals surface area (Å²) < 4.78 is 10.9. The molecule has 3 aromatic carbocycles. The van der Waals surface area contributed by atoms with E-state index in [4.69, 9.17) is 21.1 Å². The summed E-state index contributed by atoms with van der Waals surface area (Å²) in [5.41, 5.74) is 1.91. The molecule has 0 spiro atoms. The van der Waals surface area contributed by atoms with E-state index < -0.39 is 41.8 Å². The molecule has 246 valence electrons. The molecule has 46 heavy (non-hydrogen) atoms. The van der Waals surface area contributed by atoms with Crippen LogP contribution in [0.5, 0.6) is 5.75 Å². The van der Waals surface area contributed by atoms with Crippen LogP contribution in [0.25, 0.3) is 0 Å². The summed E-state index contributed by atoms with van der Waals surface area (Å²) >= 11 is 6.26. The average molecular weight is 650 g/mol. The van der Waals surface area contributed by atoms with Gasteiger partial charge in [-0.05, 0) is 54.0 Å². The van der Waals surface area contributed by atoms with Crippen molar-refractivity contribution in [2.24, 2.45) is 11.8 Å². The van der Waals surface area contributed by atoms with Gasteiger partial charge in [-0.1, -0.05) is 100.0 Å². The molecule has 0 saturated carbocycles. The van der Waals surface area contributed by atoms with Crippen LogP contribution >= 0.6 is 11.6 Å². The summed E-state index contributed by atoms with van der Waals surface area (Å²) in [6.07, 6.45) is 0.836. The molecule has 3 amide bonds. The number of esters is 1. The van der Waals surface area contributed by atoms with Gasteiger partial charge in [-0.2, -0.15) is 0 Å². The maximum atomic E-state index is 13.8. The fraction of sp³-hybridized carbons (Fsp3) is 0.389. The van der Waals surface area contributed by atoms with Crippen molar-refractivity contribution >= 4 is 35.3 Å². The molecule has 0 saturated heterocycles. The minimum absolute atomic E-state index is 0.0281. The predicted molar refractivity (Wildman–Crippen MR) is 178 cm³/mol. The Hall–Kier alpha value is -4.37. The van der Waals surface area contributed by atoms with Crippen LogP contribution < -0.4 is 20.7 Å². The van der Waals surface area contributed by atoms with Crippen LogP contribution in [0.1, 0.15) is 62.0 Å². The van der Waals surface area contributed by atoms with Crippen LogP contribution in [0.4, 0.5) is 0 Å². The molecule has 3 N–H and O–H groups in total. The summed E-state index contributed by atoms with van der Waals surface area (Å²) in [6.45, 7) is 7.96. The number of hydrogen-bond acceptors (Lipinski definition) is 6. The number of methoxy groups -OCH3 is 1. The Morgan fingerprint density at radius 1 is 0.696 bits per heavy atom. The molecule has 0 bridgehead atoms. The van der Waals surface area contributed by atoms with Crippen molar-refractivity contribution in [2.75, 3.05) is 7.11 Å². The number of nitrogens with one attached hydrogen (secondary N) is 3. The average Bonchev–Trinajstić information content (AvgIpc) is 3.03. The van der Waals surface area contributed by atoms with E-state index >= 15 is 0 Å². The van der Waals surface area contributed by atoms with Crippen LogP contribution in [0.3, 0.4) is 0 Å². The maximum Gasteiger partial charge on any atom is 0.328 e. The van der Waals surface area contributed by atoms with Crippen LogP contribution in [-0.2, 0) is 32.1 Å². The summed E-state index contributed by atoms with van der Waals surface area (Å²) in [5, 5.41) is 8.78. The smallest absolute Gasteiger partial charge is 0.328 e. The Kier molecular flexibility index (Phi) is 14.1. The van der Waals surface area contributed by atoms with Gasteiger partial charge in [-0.25, -0.2) is 4.79 Å². The zero-order valence-electron chi connectivity index (χ0n) is 27.0. The lowest BCUT2D eigenvalue weighted by molar-refractivity contribution is -0.145. The third kappa shape index (κ3) is 11.5. The molecule has 0 heterocycles. The quantitative estimate of drug-likeness (QED) is 0.176. The van der Waals surface area contributed by atoms with Crippen molar-refractivity contribution in [1.82, 2.24) is 16.0 Å². The second-order valence-corrected chi connectivity index (χ2v) is 12.5. The molecule has 0 fully saturated rings. The highest BCUT2D eigenvalue weighted by Gasteiger charge is 2.31. The first kappa shape index (κ1) is 36.1. The highest BCUT2D eigenvalue weighted by atomic mass is 35.5. The Morgan fingerprint density at radius 3 is 1.83 bits per heavy atom. The molecule has 0 radical (unpaired) electrons. The maximum absolute atomic E-state index is 13.8. The number of amides is 3. The van der Waals surface area contributed by atoms with E-state index in [0.717, 1.165) is 11.1 Å². The minimum atomic E-state index is -1.03. The van der Waals surface area contributed by atoms with Gasteiger partial charge in [0.15, 0.2) is 0 Å². The topological polar surface area (TPSA) is 123 Å². The summed E-state index contributed by atoms with van der Waals surface area (Å²) in [4.78, 5) is 53.5. The fourth-order valence-corrected chi connectivity index (χ4v) is 5.08. The van der Waals surface area contributed by atoms with E-state index in [0.29, 0.717) is 23.6 Å². The highest BCUT2D eigenvalue weighted by Crippen LogP contribution is 2.24. The van der Waals surface area contributed by atoms with Gasteiger partial charge in [-0.3, -0.25) is 14.4 Å². The Balaban J connectivity index is 1.83.